The van der Waals surface area contributed by atoms with Gasteiger partial charge in [0.1, 0.15) is 16.7 Å². The summed E-state index contributed by atoms with van der Waals surface area (Å²) in [6, 6.07) is 14.3. The Kier molecular flexibility index (Phi) is 6.77. The van der Waals surface area contributed by atoms with Crippen LogP contribution in [0.2, 0.25) is 0 Å². The summed E-state index contributed by atoms with van der Waals surface area (Å²) in [7, 11) is -2.10. The van der Waals surface area contributed by atoms with Crippen LogP contribution in [0.4, 0.5) is 0 Å². The molecule has 3 aliphatic rings. The molecule has 3 aliphatic heterocycles. The smallest absolute Gasteiger partial charge is 0.285 e. The topological polar surface area (TPSA) is 101 Å². The van der Waals surface area contributed by atoms with Gasteiger partial charge in [-0.1, -0.05) is 24.3 Å². The number of rotatable bonds is 6. The summed E-state index contributed by atoms with van der Waals surface area (Å²) in [6.45, 7) is 3.92. The van der Waals surface area contributed by atoms with Gasteiger partial charge in [0.15, 0.2) is 5.84 Å². The minimum Gasteiger partial charge on any atom is -0.497 e. The normalized spacial score (nSPS) is 22.4. The fraction of sp³-hybridized carbons (Fsp3) is 0.440. The zero-order valence-electron chi connectivity index (χ0n) is 19.7. The number of benzene rings is 2. The average Bonchev–Trinajstić information content (AvgIpc) is 3.48. The summed E-state index contributed by atoms with van der Waals surface area (Å²) < 4.78 is 40.0. The van der Waals surface area contributed by atoms with E-state index in [2.05, 4.69) is 14.6 Å². The molecule has 0 bridgehead atoms. The third-order valence-electron chi connectivity index (χ3n) is 6.90. The van der Waals surface area contributed by atoms with Gasteiger partial charge in [0, 0.05) is 31.7 Å². The van der Waals surface area contributed by atoms with E-state index in [4.69, 9.17) is 9.47 Å². The Morgan fingerprint density at radius 1 is 1.14 bits per heavy atom. The molecule has 5 rings (SSSR count). The fourth-order valence-electron chi connectivity index (χ4n) is 5.08. The van der Waals surface area contributed by atoms with Crippen molar-refractivity contribution in [3.8, 4) is 5.75 Å². The number of morpholine rings is 1. The number of nitrogens with zero attached hydrogens (tertiary/aromatic N) is 3. The van der Waals surface area contributed by atoms with Crippen LogP contribution in [0.25, 0.3) is 0 Å². The summed E-state index contributed by atoms with van der Waals surface area (Å²) in [5.74, 6) is 1.05. The van der Waals surface area contributed by atoms with Gasteiger partial charge in [-0.3, -0.25) is 9.69 Å². The molecular formula is C25H30N4O5S. The molecule has 186 valence electrons. The number of likely N-dealkylation sites (tertiary alicyclic amines) is 1. The predicted octanol–water partition coefficient (Wildman–Crippen LogP) is 1.80. The molecule has 1 N–H and O–H groups in total. The second-order valence-electron chi connectivity index (χ2n) is 8.92. The van der Waals surface area contributed by atoms with E-state index in [1.54, 1.807) is 31.4 Å². The van der Waals surface area contributed by atoms with Gasteiger partial charge < -0.3 is 19.7 Å². The van der Waals surface area contributed by atoms with Crippen LogP contribution in [-0.4, -0.2) is 82.5 Å². The summed E-state index contributed by atoms with van der Waals surface area (Å²) in [6.07, 6.45) is 1.45. The lowest BCUT2D eigenvalue weighted by Gasteiger charge is -2.35. The Morgan fingerprint density at radius 3 is 2.63 bits per heavy atom. The van der Waals surface area contributed by atoms with E-state index in [-0.39, 0.29) is 16.8 Å². The number of hydrogen-bond acceptors (Lipinski definition) is 7. The van der Waals surface area contributed by atoms with Gasteiger partial charge in [-0.05, 0) is 42.7 Å². The molecule has 0 unspecified atom stereocenters. The van der Waals surface area contributed by atoms with Crippen LogP contribution < -0.4 is 10.1 Å². The van der Waals surface area contributed by atoms with E-state index < -0.39 is 16.1 Å². The molecule has 0 aromatic heterocycles. The monoisotopic (exact) mass is 498 g/mol. The van der Waals surface area contributed by atoms with Crippen LogP contribution in [0.5, 0.6) is 5.75 Å². The van der Waals surface area contributed by atoms with E-state index in [1.165, 1.54) is 0 Å². The quantitative estimate of drug-likeness (QED) is 0.648. The van der Waals surface area contributed by atoms with E-state index in [0.29, 0.717) is 44.1 Å². The molecule has 2 aromatic carbocycles. The van der Waals surface area contributed by atoms with Gasteiger partial charge in [0.2, 0.25) is 5.91 Å². The summed E-state index contributed by atoms with van der Waals surface area (Å²) in [5, 5.41) is 3.15. The van der Waals surface area contributed by atoms with Crippen molar-refractivity contribution < 1.29 is 22.7 Å². The number of methoxy groups -OCH3 is 1. The van der Waals surface area contributed by atoms with Crippen LogP contribution in [0.3, 0.4) is 0 Å². The largest absolute Gasteiger partial charge is 0.497 e. The lowest BCUT2D eigenvalue weighted by Crippen LogP contribution is -2.49. The Labute approximate surface area is 205 Å². The highest BCUT2D eigenvalue weighted by Gasteiger charge is 2.39. The van der Waals surface area contributed by atoms with Crippen molar-refractivity contribution in [1.82, 2.24) is 15.1 Å². The minimum atomic E-state index is -3.74. The molecule has 35 heavy (non-hydrogen) atoms. The maximum absolute atomic E-state index is 13.4. The summed E-state index contributed by atoms with van der Waals surface area (Å²) in [4.78, 5) is 17.8. The maximum Gasteiger partial charge on any atom is 0.285 e. The zero-order valence-corrected chi connectivity index (χ0v) is 20.5. The van der Waals surface area contributed by atoms with Crippen molar-refractivity contribution in [3.63, 3.8) is 0 Å². The van der Waals surface area contributed by atoms with Crippen LogP contribution >= 0.6 is 0 Å². The first kappa shape index (κ1) is 23.8. The van der Waals surface area contributed by atoms with Gasteiger partial charge in [-0.2, -0.15) is 8.42 Å². The standard InChI is InChI=1S/C25H30N4O5S/c1-33-19-10-8-18(9-11-19)22(28-13-15-34-16-14-28)17-26-25(30)21-6-4-12-29(21)24-20-5-2-3-7-23(20)35(31,32)27-24/h2-3,5,7-11,21-22H,4,6,12-17H2,1H3,(H,26,30)/t21-,22-/m1/s1. The Hall–Kier alpha value is -2.95. The van der Waals surface area contributed by atoms with Crippen molar-refractivity contribution in [2.75, 3.05) is 46.5 Å². The highest BCUT2D eigenvalue weighted by molar-refractivity contribution is 7.90. The third-order valence-corrected chi connectivity index (χ3v) is 8.22. The minimum absolute atomic E-state index is 0.00599. The molecule has 0 aliphatic carbocycles. The highest BCUT2D eigenvalue weighted by atomic mass is 32.2. The van der Waals surface area contributed by atoms with Gasteiger partial charge in [-0.15, -0.1) is 4.40 Å². The number of amidine groups is 1. The number of fused-ring (bicyclic) bond motifs is 1. The number of carbonyl (C=O) groups is 1. The van der Waals surface area contributed by atoms with Crippen molar-refractivity contribution in [2.45, 2.75) is 29.8 Å². The Morgan fingerprint density at radius 2 is 1.89 bits per heavy atom. The van der Waals surface area contributed by atoms with E-state index in [9.17, 15) is 13.2 Å². The van der Waals surface area contributed by atoms with Crippen molar-refractivity contribution >= 4 is 21.8 Å². The summed E-state index contributed by atoms with van der Waals surface area (Å²) in [5.41, 5.74) is 1.66. The molecule has 0 radical (unpaired) electrons. The first-order valence-electron chi connectivity index (χ1n) is 11.9. The van der Waals surface area contributed by atoms with Crippen LogP contribution in [0.15, 0.2) is 57.8 Å². The fourth-order valence-corrected chi connectivity index (χ4v) is 6.29. The zero-order chi connectivity index (χ0) is 24.4. The second kappa shape index (κ2) is 9.96. The van der Waals surface area contributed by atoms with Gasteiger partial charge in [0.05, 0.1) is 26.4 Å². The van der Waals surface area contributed by atoms with Gasteiger partial charge in [0.25, 0.3) is 10.0 Å². The lowest BCUT2D eigenvalue weighted by atomic mass is 10.0. The second-order valence-corrected chi connectivity index (χ2v) is 10.5. The number of amides is 1. The average molecular weight is 499 g/mol. The summed E-state index contributed by atoms with van der Waals surface area (Å²) >= 11 is 0. The molecular weight excluding hydrogens is 468 g/mol. The molecule has 10 heteroatoms. The third kappa shape index (κ3) is 4.78. The molecule has 3 heterocycles. The van der Waals surface area contributed by atoms with Gasteiger partial charge in [-0.25, -0.2) is 0 Å². The molecule has 2 aromatic rings. The van der Waals surface area contributed by atoms with Crippen LogP contribution in [0.1, 0.15) is 30.0 Å². The van der Waals surface area contributed by atoms with Gasteiger partial charge >= 0.3 is 0 Å². The SMILES string of the molecule is COc1ccc([C@@H](CNC(=O)[C@H]2CCCN2C2=NS(=O)(=O)c3ccccc32)N2CCOCC2)cc1. The molecule has 0 spiro atoms. The Balaban J connectivity index is 1.33. The van der Waals surface area contributed by atoms with Crippen LogP contribution in [0, 0.1) is 0 Å². The van der Waals surface area contributed by atoms with Crippen molar-refractivity contribution in [1.29, 1.82) is 0 Å². The van der Waals surface area contributed by atoms with E-state index in [1.807, 2.05) is 29.2 Å². The highest BCUT2D eigenvalue weighted by Crippen LogP contribution is 2.31. The van der Waals surface area contributed by atoms with E-state index >= 15 is 0 Å². The molecule has 1 amide bonds. The molecule has 2 fully saturated rings. The number of hydrogen-bond donors (Lipinski definition) is 1. The van der Waals surface area contributed by atoms with Crippen molar-refractivity contribution in [2.24, 2.45) is 4.40 Å². The number of nitrogens with one attached hydrogen (secondary N) is 1. The first-order chi connectivity index (χ1) is 17.0. The lowest BCUT2D eigenvalue weighted by molar-refractivity contribution is -0.124. The van der Waals surface area contributed by atoms with E-state index in [0.717, 1.165) is 30.8 Å². The number of carbonyl (C=O) groups excluding carboxylic acids is 1. The molecule has 0 saturated carbocycles. The number of ether oxygens (including phenoxy) is 2. The molecule has 2 saturated heterocycles. The molecule has 2 atom stereocenters. The van der Waals surface area contributed by atoms with Crippen molar-refractivity contribution in [3.05, 3.63) is 59.7 Å². The van der Waals surface area contributed by atoms with Crippen LogP contribution in [-0.2, 0) is 19.6 Å². The Bertz CT molecular complexity index is 1210. The first-order valence-corrected chi connectivity index (χ1v) is 13.4. The predicted molar refractivity (Wildman–Crippen MR) is 131 cm³/mol. The number of sulfonamides is 1. The maximum atomic E-state index is 13.4. The molecule has 9 nitrogen and oxygen atoms in total.